The number of hydrogen-bond acceptors (Lipinski definition) is 3. The molecule has 0 N–H and O–H groups in total. The van der Waals surface area contributed by atoms with Gasteiger partial charge in [-0.15, -0.1) is 0 Å². The molecule has 0 saturated carbocycles. The largest absolute Gasteiger partial charge is 0.308 e. The summed E-state index contributed by atoms with van der Waals surface area (Å²) in [5.74, 6) is -0.752. The first-order valence-electron chi connectivity index (χ1n) is 7.86. The maximum Gasteiger partial charge on any atom is 0.241 e. The SMILES string of the molecule is CN(CC(=O)N(CCC#N)c1ccccc1F)Cc1ccccc1Cl. The lowest BCUT2D eigenvalue weighted by Gasteiger charge is -2.25. The zero-order valence-corrected chi connectivity index (χ0v) is 14.7. The number of carbonyl (C=O) groups is 1. The molecule has 0 aliphatic rings. The second kappa shape index (κ2) is 9.16. The Morgan fingerprint density at radius 3 is 2.56 bits per heavy atom. The molecule has 4 nitrogen and oxygen atoms in total. The van der Waals surface area contributed by atoms with E-state index in [0.717, 1.165) is 5.56 Å². The third-order valence-corrected chi connectivity index (χ3v) is 4.06. The molecule has 0 fully saturated rings. The van der Waals surface area contributed by atoms with Crippen LogP contribution < -0.4 is 4.90 Å². The van der Waals surface area contributed by atoms with E-state index in [1.165, 1.54) is 11.0 Å². The number of carbonyl (C=O) groups excluding carboxylic acids is 1. The van der Waals surface area contributed by atoms with Gasteiger partial charge >= 0.3 is 0 Å². The van der Waals surface area contributed by atoms with E-state index < -0.39 is 5.82 Å². The minimum absolute atomic E-state index is 0.0883. The fraction of sp³-hybridized carbons (Fsp3) is 0.263. The van der Waals surface area contributed by atoms with Crippen molar-refractivity contribution < 1.29 is 9.18 Å². The standard InChI is InChI=1S/C19H19ClFN3O/c1-23(13-15-7-2-3-8-16(15)20)14-19(25)24(12-6-11-22)18-10-5-4-9-17(18)21/h2-5,7-10H,6,12-14H2,1H3. The van der Waals surface area contributed by atoms with Crippen molar-refractivity contribution in [3.05, 3.63) is 64.9 Å². The molecule has 25 heavy (non-hydrogen) atoms. The average Bonchev–Trinajstić information content (AvgIpc) is 2.58. The van der Waals surface area contributed by atoms with Gasteiger partial charge in [0, 0.05) is 18.1 Å². The second-order valence-corrected chi connectivity index (χ2v) is 6.08. The summed E-state index contributed by atoms with van der Waals surface area (Å²) in [6, 6.07) is 15.5. The van der Waals surface area contributed by atoms with Crippen LogP contribution in [0.4, 0.5) is 10.1 Å². The molecule has 0 unspecified atom stereocenters. The molecule has 0 heterocycles. The molecule has 2 aromatic carbocycles. The molecule has 0 aromatic heterocycles. The topological polar surface area (TPSA) is 47.3 Å². The van der Waals surface area contributed by atoms with Crippen molar-refractivity contribution in [2.75, 3.05) is 25.0 Å². The van der Waals surface area contributed by atoms with Crippen LogP contribution in [0.3, 0.4) is 0 Å². The number of benzene rings is 2. The normalized spacial score (nSPS) is 10.5. The Balaban J connectivity index is 2.10. The van der Waals surface area contributed by atoms with Gasteiger partial charge in [-0.2, -0.15) is 5.26 Å². The first-order valence-corrected chi connectivity index (χ1v) is 8.24. The first kappa shape index (κ1) is 18.9. The fourth-order valence-electron chi connectivity index (χ4n) is 2.50. The molecule has 130 valence electrons. The van der Waals surface area contributed by atoms with Crippen molar-refractivity contribution in [1.29, 1.82) is 5.26 Å². The van der Waals surface area contributed by atoms with E-state index in [2.05, 4.69) is 0 Å². The summed E-state index contributed by atoms with van der Waals surface area (Å²) < 4.78 is 14.1. The maximum absolute atomic E-state index is 14.1. The molecule has 1 amide bonds. The lowest BCUT2D eigenvalue weighted by molar-refractivity contribution is -0.119. The summed E-state index contributed by atoms with van der Waals surface area (Å²) in [7, 11) is 1.80. The summed E-state index contributed by atoms with van der Waals surface area (Å²) >= 11 is 6.14. The molecule has 0 aliphatic carbocycles. The van der Waals surface area contributed by atoms with E-state index in [0.29, 0.717) is 11.6 Å². The molecule has 2 aromatic rings. The molecule has 0 radical (unpaired) electrons. The van der Waals surface area contributed by atoms with Crippen molar-refractivity contribution >= 4 is 23.2 Å². The van der Waals surface area contributed by atoms with E-state index in [9.17, 15) is 9.18 Å². The Labute approximate surface area is 152 Å². The Morgan fingerprint density at radius 2 is 1.88 bits per heavy atom. The van der Waals surface area contributed by atoms with Gasteiger partial charge < -0.3 is 4.90 Å². The molecule has 0 aliphatic heterocycles. The Hall–Kier alpha value is -2.42. The number of nitrogens with zero attached hydrogens (tertiary/aromatic N) is 3. The van der Waals surface area contributed by atoms with Crippen LogP contribution in [0.5, 0.6) is 0 Å². The first-order chi connectivity index (χ1) is 12.0. The molecule has 0 spiro atoms. The van der Waals surface area contributed by atoms with E-state index in [-0.39, 0.29) is 31.1 Å². The molecule has 0 saturated heterocycles. The molecular weight excluding hydrogens is 341 g/mol. The van der Waals surface area contributed by atoms with Crippen molar-refractivity contribution in [2.45, 2.75) is 13.0 Å². The number of halogens is 2. The van der Waals surface area contributed by atoms with Crippen molar-refractivity contribution in [1.82, 2.24) is 4.90 Å². The van der Waals surface area contributed by atoms with Crippen LogP contribution in [-0.2, 0) is 11.3 Å². The maximum atomic E-state index is 14.1. The van der Waals surface area contributed by atoms with Gasteiger partial charge in [-0.3, -0.25) is 9.69 Å². The Bertz CT molecular complexity index is 775. The summed E-state index contributed by atoms with van der Waals surface area (Å²) in [6.07, 6.45) is 0.133. The predicted molar refractivity (Wildman–Crippen MR) is 96.8 cm³/mol. The van der Waals surface area contributed by atoms with E-state index >= 15 is 0 Å². The van der Waals surface area contributed by atoms with Crippen LogP contribution in [-0.4, -0.2) is 30.9 Å². The summed E-state index contributed by atoms with van der Waals surface area (Å²) in [5, 5.41) is 9.45. The zero-order chi connectivity index (χ0) is 18.2. The third kappa shape index (κ3) is 5.28. The quantitative estimate of drug-likeness (QED) is 0.754. The highest BCUT2D eigenvalue weighted by Crippen LogP contribution is 2.20. The van der Waals surface area contributed by atoms with Crippen molar-refractivity contribution in [3.63, 3.8) is 0 Å². The summed E-state index contributed by atoms with van der Waals surface area (Å²) in [6.45, 7) is 0.732. The summed E-state index contributed by atoms with van der Waals surface area (Å²) in [5.41, 5.74) is 1.10. The van der Waals surface area contributed by atoms with Gasteiger partial charge in [0.25, 0.3) is 0 Å². The number of likely N-dealkylation sites (N-methyl/N-ethyl adjacent to an activating group) is 1. The smallest absolute Gasteiger partial charge is 0.241 e. The van der Waals surface area contributed by atoms with Gasteiger partial charge in [-0.25, -0.2) is 4.39 Å². The van der Waals surface area contributed by atoms with E-state index in [4.69, 9.17) is 16.9 Å². The Kier molecular flexibility index (Phi) is 6.93. The van der Waals surface area contributed by atoms with Crippen LogP contribution in [0.25, 0.3) is 0 Å². The van der Waals surface area contributed by atoms with Gasteiger partial charge in [0.2, 0.25) is 5.91 Å². The van der Waals surface area contributed by atoms with Crippen LogP contribution in [0, 0.1) is 17.1 Å². The number of anilines is 1. The average molecular weight is 360 g/mol. The Morgan fingerprint density at radius 1 is 1.20 bits per heavy atom. The van der Waals surface area contributed by atoms with E-state index in [1.54, 1.807) is 31.3 Å². The van der Waals surface area contributed by atoms with Crippen LogP contribution in [0.1, 0.15) is 12.0 Å². The number of nitriles is 1. The van der Waals surface area contributed by atoms with Crippen molar-refractivity contribution in [2.24, 2.45) is 0 Å². The minimum Gasteiger partial charge on any atom is -0.308 e. The molecule has 6 heteroatoms. The lowest BCUT2D eigenvalue weighted by atomic mass is 10.2. The van der Waals surface area contributed by atoms with Crippen LogP contribution >= 0.6 is 11.6 Å². The monoisotopic (exact) mass is 359 g/mol. The molecule has 2 rings (SSSR count). The highest BCUT2D eigenvalue weighted by atomic mass is 35.5. The van der Waals surface area contributed by atoms with Gasteiger partial charge in [0.05, 0.1) is 24.7 Å². The number of rotatable bonds is 7. The van der Waals surface area contributed by atoms with Gasteiger partial charge in [-0.1, -0.05) is 41.9 Å². The molecule has 0 bridgehead atoms. The van der Waals surface area contributed by atoms with E-state index in [1.807, 2.05) is 29.2 Å². The zero-order valence-electron chi connectivity index (χ0n) is 14.0. The highest BCUT2D eigenvalue weighted by Gasteiger charge is 2.20. The van der Waals surface area contributed by atoms with Crippen LogP contribution in [0.2, 0.25) is 5.02 Å². The van der Waals surface area contributed by atoms with Gasteiger partial charge in [0.1, 0.15) is 5.82 Å². The fourth-order valence-corrected chi connectivity index (χ4v) is 2.70. The molecular formula is C19H19ClFN3O. The number of para-hydroxylation sites is 1. The third-order valence-electron chi connectivity index (χ3n) is 3.69. The van der Waals surface area contributed by atoms with Crippen molar-refractivity contribution in [3.8, 4) is 6.07 Å². The predicted octanol–water partition coefficient (Wildman–Crippen LogP) is 3.86. The minimum atomic E-state index is -0.484. The van der Waals surface area contributed by atoms with Gasteiger partial charge in [-0.05, 0) is 30.8 Å². The summed E-state index contributed by atoms with van der Waals surface area (Å²) in [4.78, 5) is 15.8. The number of hydrogen-bond donors (Lipinski definition) is 0. The highest BCUT2D eigenvalue weighted by molar-refractivity contribution is 6.31. The number of amides is 1. The lowest BCUT2D eigenvalue weighted by Crippen LogP contribution is -2.40. The van der Waals surface area contributed by atoms with Crippen LogP contribution in [0.15, 0.2) is 48.5 Å². The second-order valence-electron chi connectivity index (χ2n) is 5.67. The van der Waals surface area contributed by atoms with Gasteiger partial charge in [0.15, 0.2) is 0 Å². The molecule has 0 atom stereocenters.